The van der Waals surface area contributed by atoms with Gasteiger partial charge in [0.2, 0.25) is 11.6 Å². The smallest absolute Gasteiger partial charge is 0.211 e. The van der Waals surface area contributed by atoms with Gasteiger partial charge in [0, 0.05) is 17.2 Å². The Bertz CT molecular complexity index is 665. The lowest BCUT2D eigenvalue weighted by Crippen LogP contribution is -2.43. The van der Waals surface area contributed by atoms with E-state index >= 15 is 0 Å². The van der Waals surface area contributed by atoms with Gasteiger partial charge in [-0.2, -0.15) is 0 Å². The van der Waals surface area contributed by atoms with Crippen molar-refractivity contribution in [2.24, 2.45) is 11.8 Å². The van der Waals surface area contributed by atoms with Crippen LogP contribution in [0.5, 0.6) is 0 Å². The van der Waals surface area contributed by atoms with Crippen molar-refractivity contribution in [1.29, 1.82) is 0 Å². The Morgan fingerprint density at radius 2 is 1.68 bits per heavy atom. The molecule has 1 N–H and O–H groups in total. The lowest BCUT2D eigenvalue weighted by atomic mass is 9.77. The fourth-order valence-corrected chi connectivity index (χ4v) is 3.69. The molecule has 0 saturated heterocycles. The summed E-state index contributed by atoms with van der Waals surface area (Å²) in [7, 11) is 0. The normalized spacial score (nSPS) is 28.6. The van der Waals surface area contributed by atoms with Crippen LogP contribution in [0, 0.1) is 11.8 Å². The second-order valence-corrected chi connectivity index (χ2v) is 6.79. The van der Waals surface area contributed by atoms with E-state index in [1.165, 1.54) is 6.42 Å². The first-order valence-electron chi connectivity index (χ1n) is 7.85. The van der Waals surface area contributed by atoms with Gasteiger partial charge in [0.25, 0.3) is 0 Å². The van der Waals surface area contributed by atoms with Crippen LogP contribution in [0.3, 0.4) is 0 Å². The standard InChI is InChI=1S/C18H20ClNO2/c1-10-6-5-9-14(11(10)2)20-16-15(19)17(21)12-7-3-4-8-13(12)18(16)22/h3-4,7-8,10-11,14,20H,5-6,9H2,1-2H3/t10-,11+,14-/m1/s1. The van der Waals surface area contributed by atoms with Crippen molar-refractivity contribution >= 4 is 23.2 Å². The Labute approximate surface area is 135 Å². The predicted octanol–water partition coefficient (Wildman–Crippen LogP) is 3.93. The van der Waals surface area contributed by atoms with E-state index < -0.39 is 0 Å². The summed E-state index contributed by atoms with van der Waals surface area (Å²) in [4.78, 5) is 25.1. The molecule has 22 heavy (non-hydrogen) atoms. The highest BCUT2D eigenvalue weighted by molar-refractivity contribution is 6.49. The minimum atomic E-state index is -0.268. The van der Waals surface area contributed by atoms with E-state index in [0.29, 0.717) is 23.0 Å². The number of rotatable bonds is 2. The fourth-order valence-electron chi connectivity index (χ4n) is 3.45. The highest BCUT2D eigenvalue weighted by Gasteiger charge is 2.34. The SMILES string of the molecule is C[C@H]1[C@H](C)CCC[C@H]1NC1=C(Cl)C(=O)c2ccccc2C1=O. The van der Waals surface area contributed by atoms with Gasteiger partial charge >= 0.3 is 0 Å². The third-order valence-corrected chi connectivity index (χ3v) is 5.46. The molecule has 2 aliphatic rings. The third kappa shape index (κ3) is 2.48. The number of halogens is 1. The molecule has 1 aromatic carbocycles. The zero-order valence-electron chi connectivity index (χ0n) is 12.9. The maximum Gasteiger partial charge on any atom is 0.211 e. The Morgan fingerprint density at radius 1 is 1.05 bits per heavy atom. The maximum absolute atomic E-state index is 12.7. The molecule has 1 aromatic rings. The van der Waals surface area contributed by atoms with Gasteiger partial charge in [0.1, 0.15) is 10.7 Å². The van der Waals surface area contributed by atoms with Crippen LogP contribution in [0.4, 0.5) is 0 Å². The van der Waals surface area contributed by atoms with Crippen molar-refractivity contribution in [3.8, 4) is 0 Å². The molecular formula is C18H20ClNO2. The first-order chi connectivity index (χ1) is 10.5. The highest BCUT2D eigenvalue weighted by atomic mass is 35.5. The van der Waals surface area contributed by atoms with Gasteiger partial charge in [0.15, 0.2) is 0 Å². The number of carbonyl (C=O) groups excluding carboxylic acids is 2. The van der Waals surface area contributed by atoms with E-state index in [1.807, 2.05) is 0 Å². The molecule has 0 aliphatic heterocycles. The van der Waals surface area contributed by atoms with E-state index in [1.54, 1.807) is 24.3 Å². The van der Waals surface area contributed by atoms with Crippen LogP contribution in [0.2, 0.25) is 0 Å². The lowest BCUT2D eigenvalue weighted by Gasteiger charge is -2.36. The van der Waals surface area contributed by atoms with Crippen LogP contribution in [0.15, 0.2) is 35.0 Å². The Kier molecular flexibility index (Phi) is 4.09. The molecule has 1 fully saturated rings. The molecule has 4 heteroatoms. The molecule has 0 unspecified atom stereocenters. The predicted molar refractivity (Wildman–Crippen MR) is 87.1 cm³/mol. The summed E-state index contributed by atoms with van der Waals surface area (Å²) < 4.78 is 0. The summed E-state index contributed by atoms with van der Waals surface area (Å²) >= 11 is 6.21. The maximum atomic E-state index is 12.7. The molecule has 0 aromatic heterocycles. The first kappa shape index (κ1) is 15.3. The van der Waals surface area contributed by atoms with E-state index in [2.05, 4.69) is 19.2 Å². The molecule has 0 amide bonds. The molecule has 0 radical (unpaired) electrons. The summed E-state index contributed by atoms with van der Waals surface area (Å²) in [5, 5.41) is 3.31. The van der Waals surface area contributed by atoms with Gasteiger partial charge in [-0.05, 0) is 18.3 Å². The molecule has 0 spiro atoms. The van der Waals surface area contributed by atoms with Gasteiger partial charge in [-0.15, -0.1) is 0 Å². The van der Waals surface area contributed by atoms with E-state index in [9.17, 15) is 9.59 Å². The van der Waals surface area contributed by atoms with Gasteiger partial charge in [-0.1, -0.05) is 62.6 Å². The summed E-state index contributed by atoms with van der Waals surface area (Å²) in [6.45, 7) is 4.43. The topological polar surface area (TPSA) is 46.2 Å². The number of hydrogen-bond acceptors (Lipinski definition) is 3. The molecule has 2 aliphatic carbocycles. The molecule has 0 bridgehead atoms. The van der Waals surface area contributed by atoms with Crippen molar-refractivity contribution in [3.05, 3.63) is 46.1 Å². The number of fused-ring (bicyclic) bond motifs is 1. The molecule has 3 nitrogen and oxygen atoms in total. The lowest BCUT2D eigenvalue weighted by molar-refractivity contribution is 0.0966. The van der Waals surface area contributed by atoms with Crippen LogP contribution in [-0.4, -0.2) is 17.6 Å². The van der Waals surface area contributed by atoms with Gasteiger partial charge in [-0.25, -0.2) is 0 Å². The zero-order valence-corrected chi connectivity index (χ0v) is 13.6. The van der Waals surface area contributed by atoms with Gasteiger partial charge in [0.05, 0.1) is 0 Å². The molecule has 116 valence electrons. The molecule has 3 atom stereocenters. The molecule has 1 saturated carbocycles. The molecule has 0 heterocycles. The molecule has 3 rings (SSSR count). The van der Waals surface area contributed by atoms with E-state index in [4.69, 9.17) is 11.6 Å². The van der Waals surface area contributed by atoms with Crippen LogP contribution < -0.4 is 5.32 Å². The van der Waals surface area contributed by atoms with E-state index in [0.717, 1.165) is 12.8 Å². The van der Waals surface area contributed by atoms with Crippen molar-refractivity contribution in [2.75, 3.05) is 0 Å². The minimum Gasteiger partial charge on any atom is -0.378 e. The van der Waals surface area contributed by atoms with Crippen LogP contribution in [0.25, 0.3) is 0 Å². The van der Waals surface area contributed by atoms with Gasteiger partial charge in [-0.3, -0.25) is 9.59 Å². The number of allylic oxidation sites excluding steroid dienone is 2. The largest absolute Gasteiger partial charge is 0.378 e. The molecular weight excluding hydrogens is 298 g/mol. The zero-order chi connectivity index (χ0) is 15.9. The summed E-state index contributed by atoms with van der Waals surface area (Å²) in [6.07, 6.45) is 3.34. The van der Waals surface area contributed by atoms with Crippen molar-refractivity contribution < 1.29 is 9.59 Å². The highest BCUT2D eigenvalue weighted by Crippen LogP contribution is 2.33. The number of hydrogen-bond donors (Lipinski definition) is 1. The summed E-state index contributed by atoms with van der Waals surface area (Å²) in [5.41, 5.74) is 1.11. The Morgan fingerprint density at radius 3 is 2.36 bits per heavy atom. The van der Waals surface area contributed by atoms with Gasteiger partial charge < -0.3 is 5.32 Å². The van der Waals surface area contributed by atoms with Crippen LogP contribution in [-0.2, 0) is 0 Å². The van der Waals surface area contributed by atoms with E-state index in [-0.39, 0.29) is 28.3 Å². The van der Waals surface area contributed by atoms with Crippen LogP contribution in [0.1, 0.15) is 53.8 Å². The van der Waals surface area contributed by atoms with Crippen molar-refractivity contribution in [1.82, 2.24) is 5.32 Å². The number of nitrogens with one attached hydrogen (secondary N) is 1. The monoisotopic (exact) mass is 317 g/mol. The quantitative estimate of drug-likeness (QED) is 0.899. The third-order valence-electron chi connectivity index (χ3n) is 5.10. The van der Waals surface area contributed by atoms with Crippen molar-refractivity contribution in [2.45, 2.75) is 39.2 Å². The minimum absolute atomic E-state index is 0.0223. The summed E-state index contributed by atoms with van der Waals surface area (Å²) in [5.74, 6) is 0.611. The number of benzene rings is 1. The van der Waals surface area contributed by atoms with Crippen molar-refractivity contribution in [3.63, 3.8) is 0 Å². The Balaban J connectivity index is 1.92. The summed E-state index contributed by atoms with van der Waals surface area (Å²) in [6, 6.07) is 7.05. The number of ketones is 2. The first-order valence-corrected chi connectivity index (χ1v) is 8.23. The fraction of sp³-hybridized carbons (Fsp3) is 0.444. The average molecular weight is 318 g/mol. The second kappa shape index (κ2) is 5.88. The second-order valence-electron chi connectivity index (χ2n) is 6.41. The Hall–Kier alpha value is -1.61. The van der Waals surface area contributed by atoms with Crippen LogP contribution >= 0.6 is 11.6 Å². The number of carbonyl (C=O) groups is 2. The number of Topliss-reactive ketones (excluding diaryl/α,β-unsaturated/α-hetero) is 2. The average Bonchev–Trinajstić information content (AvgIpc) is 2.53.